The van der Waals surface area contributed by atoms with E-state index in [0.29, 0.717) is 6.54 Å². The monoisotopic (exact) mass is 401 g/mol. The van der Waals surface area contributed by atoms with Crippen molar-refractivity contribution in [1.29, 1.82) is 0 Å². The summed E-state index contributed by atoms with van der Waals surface area (Å²) in [5.74, 6) is -0.859. The van der Waals surface area contributed by atoms with E-state index in [9.17, 15) is 14.4 Å². The molecule has 2 amide bonds. The Morgan fingerprint density at radius 2 is 1.89 bits per heavy atom. The summed E-state index contributed by atoms with van der Waals surface area (Å²) in [4.78, 5) is 39.3. The van der Waals surface area contributed by atoms with E-state index >= 15 is 0 Å². The van der Waals surface area contributed by atoms with Crippen LogP contribution in [0.2, 0.25) is 0 Å². The van der Waals surface area contributed by atoms with Gasteiger partial charge in [0.2, 0.25) is 5.43 Å². The average molecular weight is 402 g/mol. The molecule has 2 heterocycles. The van der Waals surface area contributed by atoms with Crippen LogP contribution >= 0.6 is 11.3 Å². The van der Waals surface area contributed by atoms with Gasteiger partial charge in [0.25, 0.3) is 11.8 Å². The summed E-state index contributed by atoms with van der Waals surface area (Å²) in [7, 11) is 0. The molecule has 0 bridgehead atoms. The number of amides is 2. The standard InChI is InChI=1S/C21H27N3O3S/c1-3-14(2)23-21(27)18-13-24(15-7-4-5-8-15)12-17(19(18)25)20(26)22-11-16-9-6-10-28-16/h6,9-10,12-15H,3-5,7-8,11H2,1-2H3,(H,22,26)(H,23,27)/t14-/m1/s1. The number of pyridine rings is 1. The number of aromatic nitrogens is 1. The Hall–Kier alpha value is -2.41. The van der Waals surface area contributed by atoms with Gasteiger partial charge in [-0.3, -0.25) is 14.4 Å². The third-order valence-electron chi connectivity index (χ3n) is 5.27. The summed E-state index contributed by atoms with van der Waals surface area (Å²) in [6.07, 6.45) is 8.21. The minimum Gasteiger partial charge on any atom is -0.349 e. The maximum absolute atomic E-state index is 12.9. The van der Waals surface area contributed by atoms with E-state index in [2.05, 4.69) is 10.6 Å². The molecule has 2 aromatic heterocycles. The van der Waals surface area contributed by atoms with E-state index in [1.54, 1.807) is 23.7 Å². The molecule has 1 aliphatic rings. The van der Waals surface area contributed by atoms with Crippen LogP contribution in [0, 0.1) is 0 Å². The molecule has 0 aliphatic heterocycles. The van der Waals surface area contributed by atoms with Gasteiger partial charge >= 0.3 is 0 Å². The zero-order valence-corrected chi connectivity index (χ0v) is 17.2. The van der Waals surface area contributed by atoms with Crippen LogP contribution in [0.1, 0.15) is 77.6 Å². The zero-order chi connectivity index (χ0) is 20.1. The minimum atomic E-state index is -0.515. The lowest BCUT2D eigenvalue weighted by Gasteiger charge is -2.18. The van der Waals surface area contributed by atoms with E-state index in [1.165, 1.54) is 0 Å². The first kappa shape index (κ1) is 20.3. The van der Waals surface area contributed by atoms with Crippen LogP contribution in [-0.4, -0.2) is 22.4 Å². The first-order valence-electron chi connectivity index (χ1n) is 9.86. The topological polar surface area (TPSA) is 80.2 Å². The number of carbonyl (C=O) groups is 2. The number of thiophene rings is 1. The first-order chi connectivity index (χ1) is 13.5. The fourth-order valence-electron chi connectivity index (χ4n) is 3.41. The lowest BCUT2D eigenvalue weighted by Crippen LogP contribution is -2.38. The largest absolute Gasteiger partial charge is 0.349 e. The quantitative estimate of drug-likeness (QED) is 0.745. The number of rotatable bonds is 7. The van der Waals surface area contributed by atoms with Crippen molar-refractivity contribution in [3.8, 4) is 0 Å². The maximum atomic E-state index is 12.9. The third-order valence-corrected chi connectivity index (χ3v) is 6.15. The normalized spacial score (nSPS) is 15.4. The Morgan fingerprint density at radius 3 is 2.50 bits per heavy atom. The second-order valence-electron chi connectivity index (χ2n) is 7.34. The second-order valence-corrected chi connectivity index (χ2v) is 8.38. The molecule has 1 saturated carbocycles. The zero-order valence-electron chi connectivity index (χ0n) is 16.4. The van der Waals surface area contributed by atoms with Gasteiger partial charge in [0, 0.05) is 29.4 Å². The molecule has 2 aromatic rings. The number of hydrogen-bond acceptors (Lipinski definition) is 4. The van der Waals surface area contributed by atoms with Crippen LogP contribution in [0.5, 0.6) is 0 Å². The van der Waals surface area contributed by atoms with Gasteiger partial charge in [0.15, 0.2) is 0 Å². The highest BCUT2D eigenvalue weighted by Gasteiger charge is 2.24. The molecule has 0 aromatic carbocycles. The molecule has 150 valence electrons. The van der Waals surface area contributed by atoms with E-state index < -0.39 is 17.2 Å². The van der Waals surface area contributed by atoms with E-state index in [4.69, 9.17) is 0 Å². The van der Waals surface area contributed by atoms with Gasteiger partial charge in [-0.15, -0.1) is 11.3 Å². The lowest BCUT2D eigenvalue weighted by atomic mass is 10.1. The number of hydrogen-bond donors (Lipinski definition) is 2. The molecule has 28 heavy (non-hydrogen) atoms. The molecule has 1 atom stereocenters. The van der Waals surface area contributed by atoms with Crippen molar-refractivity contribution in [2.45, 2.75) is 64.6 Å². The van der Waals surface area contributed by atoms with Crippen LogP contribution in [0.15, 0.2) is 34.7 Å². The Morgan fingerprint density at radius 1 is 1.21 bits per heavy atom. The Kier molecular flexibility index (Phi) is 6.67. The molecule has 7 heteroatoms. The van der Waals surface area contributed by atoms with E-state index in [0.717, 1.165) is 37.0 Å². The minimum absolute atomic E-state index is 0.0280. The molecule has 0 spiro atoms. The van der Waals surface area contributed by atoms with E-state index in [-0.39, 0.29) is 23.2 Å². The molecule has 0 radical (unpaired) electrons. The van der Waals surface area contributed by atoms with Crippen molar-refractivity contribution in [3.05, 3.63) is 56.1 Å². The summed E-state index contributed by atoms with van der Waals surface area (Å²) in [6, 6.07) is 4.03. The van der Waals surface area contributed by atoms with Crippen molar-refractivity contribution in [2.75, 3.05) is 0 Å². The summed E-state index contributed by atoms with van der Waals surface area (Å²) in [6.45, 7) is 4.23. The Labute approximate surface area is 169 Å². The molecule has 6 nitrogen and oxygen atoms in total. The number of nitrogens with zero attached hydrogens (tertiary/aromatic N) is 1. The van der Waals surface area contributed by atoms with Crippen molar-refractivity contribution in [2.24, 2.45) is 0 Å². The molecular formula is C21H27N3O3S. The highest BCUT2D eigenvalue weighted by molar-refractivity contribution is 7.09. The number of nitrogens with one attached hydrogen (secondary N) is 2. The summed E-state index contributed by atoms with van der Waals surface area (Å²) >= 11 is 1.54. The molecule has 0 saturated heterocycles. The molecule has 0 unspecified atom stereocenters. The van der Waals surface area contributed by atoms with Crippen molar-refractivity contribution in [3.63, 3.8) is 0 Å². The van der Waals surface area contributed by atoms with Crippen LogP contribution in [0.3, 0.4) is 0 Å². The summed E-state index contributed by atoms with van der Waals surface area (Å²) in [5.41, 5.74) is -0.449. The molecule has 1 fully saturated rings. The lowest BCUT2D eigenvalue weighted by molar-refractivity contribution is 0.0937. The van der Waals surface area contributed by atoms with Crippen LogP contribution in [0.4, 0.5) is 0 Å². The SMILES string of the molecule is CC[C@@H](C)NC(=O)c1cn(C2CCCC2)cc(C(=O)NCc2cccs2)c1=O. The Bertz CT molecular complexity index is 883. The first-order valence-corrected chi connectivity index (χ1v) is 10.7. The third kappa shape index (κ3) is 4.70. The van der Waals surface area contributed by atoms with Crippen LogP contribution < -0.4 is 16.1 Å². The Balaban J connectivity index is 1.91. The average Bonchev–Trinajstić information content (AvgIpc) is 3.40. The molecule has 2 N–H and O–H groups in total. The maximum Gasteiger partial charge on any atom is 0.257 e. The van der Waals surface area contributed by atoms with Gasteiger partial charge in [-0.25, -0.2) is 0 Å². The van der Waals surface area contributed by atoms with Gasteiger partial charge in [0.05, 0.1) is 6.54 Å². The van der Waals surface area contributed by atoms with Gasteiger partial charge < -0.3 is 15.2 Å². The highest BCUT2D eigenvalue weighted by Crippen LogP contribution is 2.29. The predicted octanol–water partition coefficient (Wildman–Crippen LogP) is 3.48. The molecule has 3 rings (SSSR count). The van der Waals surface area contributed by atoms with Gasteiger partial charge in [-0.05, 0) is 37.6 Å². The molecular weight excluding hydrogens is 374 g/mol. The molecule has 1 aliphatic carbocycles. The van der Waals surface area contributed by atoms with E-state index in [1.807, 2.05) is 35.9 Å². The summed E-state index contributed by atoms with van der Waals surface area (Å²) in [5, 5.41) is 7.59. The summed E-state index contributed by atoms with van der Waals surface area (Å²) < 4.78 is 1.89. The van der Waals surface area contributed by atoms with Gasteiger partial charge in [-0.2, -0.15) is 0 Å². The van der Waals surface area contributed by atoms with Crippen molar-refractivity contribution < 1.29 is 9.59 Å². The smallest absolute Gasteiger partial charge is 0.257 e. The highest BCUT2D eigenvalue weighted by atomic mass is 32.1. The number of carbonyl (C=O) groups excluding carboxylic acids is 2. The van der Waals surface area contributed by atoms with Gasteiger partial charge in [-0.1, -0.05) is 25.8 Å². The van der Waals surface area contributed by atoms with Crippen molar-refractivity contribution >= 4 is 23.2 Å². The van der Waals surface area contributed by atoms with Crippen LogP contribution in [-0.2, 0) is 6.54 Å². The van der Waals surface area contributed by atoms with Gasteiger partial charge in [0.1, 0.15) is 11.1 Å². The second kappa shape index (κ2) is 9.19. The van der Waals surface area contributed by atoms with Crippen LogP contribution in [0.25, 0.3) is 0 Å². The fourth-order valence-corrected chi connectivity index (χ4v) is 4.06. The predicted molar refractivity (Wildman–Crippen MR) is 111 cm³/mol. The van der Waals surface area contributed by atoms with Crippen molar-refractivity contribution in [1.82, 2.24) is 15.2 Å². The fraction of sp³-hybridized carbons (Fsp3) is 0.476.